The van der Waals surface area contributed by atoms with Crippen molar-refractivity contribution in [1.29, 1.82) is 0 Å². The Hall–Kier alpha value is -2.01. The van der Waals surface area contributed by atoms with E-state index in [4.69, 9.17) is 21.1 Å². The minimum atomic E-state index is -0.370. The minimum Gasteiger partial charge on any atom is -0.463 e. The van der Waals surface area contributed by atoms with Crippen molar-refractivity contribution in [2.45, 2.75) is 39.8 Å². The SMILES string of the molecule is CC(=O)OCC(=CCC(=O)OC(C)C)N(C)Cc1ccc(Cl)cc1. The molecule has 0 saturated heterocycles. The average Bonchev–Trinajstić information content (AvgIpc) is 2.48. The van der Waals surface area contributed by atoms with Crippen LogP contribution in [0.5, 0.6) is 0 Å². The number of esters is 2. The number of nitrogens with zero attached hydrogens (tertiary/aromatic N) is 1. The summed E-state index contributed by atoms with van der Waals surface area (Å²) < 4.78 is 10.2. The smallest absolute Gasteiger partial charge is 0.309 e. The molecule has 0 amide bonds. The van der Waals surface area contributed by atoms with Crippen LogP contribution in [0.1, 0.15) is 32.8 Å². The molecule has 0 unspecified atom stereocenters. The molecule has 0 aliphatic heterocycles. The maximum Gasteiger partial charge on any atom is 0.309 e. The van der Waals surface area contributed by atoms with Gasteiger partial charge >= 0.3 is 11.9 Å². The minimum absolute atomic E-state index is 0.106. The van der Waals surface area contributed by atoms with Gasteiger partial charge in [-0.15, -0.1) is 0 Å². The Kier molecular flexibility index (Phi) is 8.33. The van der Waals surface area contributed by atoms with Crippen molar-refractivity contribution in [3.8, 4) is 0 Å². The monoisotopic (exact) mass is 353 g/mol. The predicted octanol–water partition coefficient (Wildman–Crippen LogP) is 3.56. The van der Waals surface area contributed by atoms with E-state index in [0.29, 0.717) is 11.6 Å². The summed E-state index contributed by atoms with van der Waals surface area (Å²) in [6.45, 7) is 5.66. The normalized spacial score (nSPS) is 11.3. The van der Waals surface area contributed by atoms with Crippen LogP contribution in [0.25, 0.3) is 0 Å². The fraction of sp³-hybridized carbons (Fsp3) is 0.444. The van der Waals surface area contributed by atoms with Crippen LogP contribution in [0.3, 0.4) is 0 Å². The second-order valence-corrected chi connectivity index (χ2v) is 6.14. The van der Waals surface area contributed by atoms with Gasteiger partial charge in [0.25, 0.3) is 0 Å². The van der Waals surface area contributed by atoms with E-state index >= 15 is 0 Å². The summed E-state index contributed by atoms with van der Waals surface area (Å²) in [6.07, 6.45) is 1.69. The summed E-state index contributed by atoms with van der Waals surface area (Å²) in [4.78, 5) is 24.7. The third-order valence-electron chi connectivity index (χ3n) is 3.12. The van der Waals surface area contributed by atoms with Crippen molar-refractivity contribution in [2.24, 2.45) is 0 Å². The molecule has 0 aliphatic rings. The van der Waals surface area contributed by atoms with Gasteiger partial charge in [-0.2, -0.15) is 0 Å². The molecule has 0 aromatic heterocycles. The lowest BCUT2D eigenvalue weighted by atomic mass is 10.2. The lowest BCUT2D eigenvalue weighted by molar-refractivity contribution is -0.146. The Morgan fingerprint density at radius 3 is 2.42 bits per heavy atom. The van der Waals surface area contributed by atoms with Crippen molar-refractivity contribution in [2.75, 3.05) is 13.7 Å². The Morgan fingerprint density at radius 2 is 1.88 bits per heavy atom. The van der Waals surface area contributed by atoms with Gasteiger partial charge in [0.2, 0.25) is 0 Å². The fourth-order valence-electron chi connectivity index (χ4n) is 1.98. The third kappa shape index (κ3) is 8.02. The molecule has 0 saturated carbocycles. The molecule has 1 rings (SSSR count). The number of carbonyl (C=O) groups is 2. The first-order valence-corrected chi connectivity index (χ1v) is 8.13. The van der Waals surface area contributed by atoms with E-state index in [0.717, 1.165) is 11.3 Å². The van der Waals surface area contributed by atoms with Gasteiger partial charge < -0.3 is 14.4 Å². The zero-order valence-corrected chi connectivity index (χ0v) is 15.3. The number of likely N-dealkylation sites (N-methyl/N-ethyl adjacent to an activating group) is 1. The molecule has 0 atom stereocenters. The van der Waals surface area contributed by atoms with E-state index in [2.05, 4.69) is 0 Å². The Morgan fingerprint density at radius 1 is 1.25 bits per heavy atom. The molecule has 0 heterocycles. The molecule has 0 fully saturated rings. The fourth-order valence-corrected chi connectivity index (χ4v) is 2.10. The number of hydrogen-bond acceptors (Lipinski definition) is 5. The maximum atomic E-state index is 11.7. The van der Waals surface area contributed by atoms with Gasteiger partial charge in [0, 0.05) is 31.2 Å². The van der Waals surface area contributed by atoms with Crippen LogP contribution in [0.4, 0.5) is 0 Å². The molecule has 0 bridgehead atoms. The first kappa shape index (κ1) is 20.0. The second-order valence-electron chi connectivity index (χ2n) is 5.70. The zero-order chi connectivity index (χ0) is 18.1. The van der Waals surface area contributed by atoms with Gasteiger partial charge in [-0.1, -0.05) is 29.8 Å². The van der Waals surface area contributed by atoms with Crippen molar-refractivity contribution < 1.29 is 19.1 Å². The molecule has 6 heteroatoms. The standard InChI is InChI=1S/C18H24ClNO4/c1-13(2)24-18(22)10-9-17(12-23-14(3)21)20(4)11-15-5-7-16(19)8-6-15/h5-9,13H,10-12H2,1-4H3. The third-order valence-corrected chi connectivity index (χ3v) is 3.37. The highest BCUT2D eigenvalue weighted by atomic mass is 35.5. The molecule has 132 valence electrons. The van der Waals surface area contributed by atoms with E-state index in [1.54, 1.807) is 19.9 Å². The zero-order valence-electron chi connectivity index (χ0n) is 14.5. The summed E-state index contributed by atoms with van der Waals surface area (Å²) in [5, 5.41) is 0.675. The van der Waals surface area contributed by atoms with Gasteiger partial charge in [0.15, 0.2) is 0 Å². The lowest BCUT2D eigenvalue weighted by Gasteiger charge is -2.23. The van der Waals surface area contributed by atoms with Gasteiger partial charge in [0.05, 0.1) is 12.5 Å². The Balaban J connectivity index is 2.76. The second kappa shape index (κ2) is 9.98. The summed E-state index contributed by atoms with van der Waals surface area (Å²) >= 11 is 5.89. The van der Waals surface area contributed by atoms with Crippen molar-refractivity contribution >= 4 is 23.5 Å². The van der Waals surface area contributed by atoms with E-state index < -0.39 is 0 Å². The van der Waals surface area contributed by atoms with E-state index in [9.17, 15) is 9.59 Å². The Bertz CT molecular complexity index is 581. The highest BCUT2D eigenvalue weighted by Gasteiger charge is 2.10. The number of carbonyl (C=O) groups excluding carboxylic acids is 2. The number of ether oxygens (including phenoxy) is 2. The van der Waals surface area contributed by atoms with Crippen molar-refractivity contribution in [3.63, 3.8) is 0 Å². The molecule has 5 nitrogen and oxygen atoms in total. The maximum absolute atomic E-state index is 11.7. The topological polar surface area (TPSA) is 55.8 Å². The molecule has 1 aromatic rings. The van der Waals surface area contributed by atoms with Gasteiger partial charge in [-0.25, -0.2) is 0 Å². The quantitative estimate of drug-likeness (QED) is 0.669. The number of benzene rings is 1. The van der Waals surface area contributed by atoms with Gasteiger partial charge in [0.1, 0.15) is 6.61 Å². The van der Waals surface area contributed by atoms with Crippen LogP contribution in [-0.4, -0.2) is 36.6 Å². The highest BCUT2D eigenvalue weighted by molar-refractivity contribution is 6.30. The van der Waals surface area contributed by atoms with Crippen LogP contribution in [0.2, 0.25) is 5.02 Å². The van der Waals surface area contributed by atoms with Crippen molar-refractivity contribution in [3.05, 3.63) is 46.6 Å². The number of halogens is 1. The lowest BCUT2D eigenvalue weighted by Crippen LogP contribution is -2.22. The van der Waals surface area contributed by atoms with Crippen LogP contribution in [0.15, 0.2) is 36.0 Å². The Labute approximate surface area is 148 Å². The summed E-state index contributed by atoms with van der Waals surface area (Å²) in [7, 11) is 1.87. The van der Waals surface area contributed by atoms with Crippen LogP contribution >= 0.6 is 11.6 Å². The van der Waals surface area contributed by atoms with Crippen molar-refractivity contribution in [1.82, 2.24) is 4.90 Å². The predicted molar refractivity (Wildman–Crippen MR) is 93.5 cm³/mol. The molecular formula is C18H24ClNO4. The molecular weight excluding hydrogens is 330 g/mol. The van der Waals surface area contributed by atoms with Gasteiger partial charge in [-0.05, 0) is 31.5 Å². The van der Waals surface area contributed by atoms with Crippen LogP contribution < -0.4 is 0 Å². The van der Waals surface area contributed by atoms with Gasteiger partial charge in [-0.3, -0.25) is 9.59 Å². The number of hydrogen-bond donors (Lipinski definition) is 0. The van der Waals surface area contributed by atoms with Crippen LogP contribution in [0, 0.1) is 0 Å². The highest BCUT2D eigenvalue weighted by Crippen LogP contribution is 2.14. The van der Waals surface area contributed by atoms with Crippen LogP contribution in [-0.2, 0) is 25.6 Å². The van der Waals surface area contributed by atoms with E-state index in [1.807, 2.05) is 36.2 Å². The summed E-state index contributed by atoms with van der Waals surface area (Å²) in [6, 6.07) is 7.49. The summed E-state index contributed by atoms with van der Waals surface area (Å²) in [5.74, 6) is -0.684. The molecule has 0 spiro atoms. The molecule has 1 aromatic carbocycles. The van der Waals surface area contributed by atoms with E-state index in [-0.39, 0.29) is 31.1 Å². The summed E-state index contributed by atoms with van der Waals surface area (Å²) in [5.41, 5.74) is 1.79. The average molecular weight is 354 g/mol. The number of rotatable bonds is 8. The molecule has 24 heavy (non-hydrogen) atoms. The molecule has 0 aliphatic carbocycles. The van der Waals surface area contributed by atoms with E-state index in [1.165, 1.54) is 6.92 Å². The molecule has 0 radical (unpaired) electrons. The largest absolute Gasteiger partial charge is 0.463 e. The first-order valence-electron chi connectivity index (χ1n) is 7.75. The molecule has 0 N–H and O–H groups in total. The first-order chi connectivity index (χ1) is 11.3.